The number of ether oxygens (including phenoxy) is 5. The van der Waals surface area contributed by atoms with Crippen LogP contribution in [0.1, 0.15) is 108 Å². The van der Waals surface area contributed by atoms with Crippen molar-refractivity contribution < 1.29 is 47.6 Å². The Labute approximate surface area is 314 Å². The molecule has 4 atom stereocenters. The molecule has 0 fully saturated rings. The van der Waals surface area contributed by atoms with Crippen LogP contribution >= 0.6 is 0 Å². The van der Waals surface area contributed by atoms with Gasteiger partial charge in [0.2, 0.25) is 0 Å². The van der Waals surface area contributed by atoms with Crippen molar-refractivity contribution in [3.8, 4) is 11.5 Å². The van der Waals surface area contributed by atoms with Crippen LogP contribution in [0.2, 0.25) is 18.1 Å². The van der Waals surface area contributed by atoms with Gasteiger partial charge in [0.05, 0.1) is 25.7 Å². The first-order chi connectivity index (χ1) is 23.6. The highest BCUT2D eigenvalue weighted by Crippen LogP contribution is 2.43. The minimum atomic E-state index is -2.81. The van der Waals surface area contributed by atoms with E-state index in [4.69, 9.17) is 28.1 Å². The SMILES string of the molecule is COCCCOc1cc(CC(CC(NC(=O)OC(C)(C)C)C(CC(C)C(=O)O)(NC(=O)OC(C)(C)C)O[Si](C)(C)C(C)(C)C)C(C)C)ccc1OC. The Morgan fingerprint density at radius 1 is 0.846 bits per heavy atom. The van der Waals surface area contributed by atoms with E-state index in [1.165, 1.54) is 0 Å². The third-order valence-electron chi connectivity index (χ3n) is 9.20. The molecule has 0 bridgehead atoms. The molecular formula is C39H70N2O10Si. The van der Waals surface area contributed by atoms with E-state index >= 15 is 0 Å². The van der Waals surface area contributed by atoms with Crippen molar-refractivity contribution in [1.29, 1.82) is 0 Å². The fourth-order valence-electron chi connectivity index (χ4n) is 5.40. The van der Waals surface area contributed by atoms with Gasteiger partial charge in [-0.25, -0.2) is 9.59 Å². The molecule has 0 radical (unpaired) electrons. The van der Waals surface area contributed by atoms with Crippen molar-refractivity contribution in [2.24, 2.45) is 17.8 Å². The lowest BCUT2D eigenvalue weighted by Crippen LogP contribution is -2.69. The maximum Gasteiger partial charge on any atom is 0.409 e. The summed E-state index contributed by atoms with van der Waals surface area (Å²) in [6.45, 7) is 27.6. The summed E-state index contributed by atoms with van der Waals surface area (Å²) in [6, 6.07) is 4.87. The fraction of sp³-hybridized carbons (Fsp3) is 0.769. The zero-order valence-electron chi connectivity index (χ0n) is 34.9. The molecule has 3 N–H and O–H groups in total. The smallest absolute Gasteiger partial charge is 0.409 e. The average molecular weight is 755 g/mol. The summed E-state index contributed by atoms with van der Waals surface area (Å²) in [6.07, 6.45) is -0.0727. The van der Waals surface area contributed by atoms with Crippen LogP contribution in [0.15, 0.2) is 18.2 Å². The Morgan fingerprint density at radius 2 is 1.42 bits per heavy atom. The lowest BCUT2D eigenvalue weighted by molar-refractivity contribution is -0.144. The molecule has 0 aliphatic rings. The van der Waals surface area contributed by atoms with E-state index in [1.807, 2.05) is 31.3 Å². The van der Waals surface area contributed by atoms with E-state index in [9.17, 15) is 19.5 Å². The van der Waals surface area contributed by atoms with Crippen molar-refractivity contribution in [2.75, 3.05) is 27.4 Å². The summed E-state index contributed by atoms with van der Waals surface area (Å²) in [7, 11) is 0.432. The summed E-state index contributed by atoms with van der Waals surface area (Å²) < 4.78 is 35.5. The summed E-state index contributed by atoms with van der Waals surface area (Å²) in [5.74, 6) is -0.837. The number of alkyl carbamates (subject to hydrolysis) is 2. The topological polar surface area (TPSA) is 151 Å². The van der Waals surface area contributed by atoms with Gasteiger partial charge in [0, 0.05) is 26.6 Å². The van der Waals surface area contributed by atoms with E-state index in [1.54, 1.807) is 62.7 Å². The van der Waals surface area contributed by atoms with E-state index < -0.39 is 55.4 Å². The van der Waals surface area contributed by atoms with Crippen molar-refractivity contribution >= 4 is 26.5 Å². The normalized spacial score (nSPS) is 15.6. The van der Waals surface area contributed by atoms with Crippen LogP contribution in [-0.2, 0) is 29.9 Å². The summed E-state index contributed by atoms with van der Waals surface area (Å²) in [4.78, 5) is 40.0. The van der Waals surface area contributed by atoms with Gasteiger partial charge < -0.3 is 38.5 Å². The molecule has 0 saturated heterocycles. The molecule has 2 amide bonds. The molecule has 4 unspecified atom stereocenters. The molecule has 12 nitrogen and oxygen atoms in total. The highest BCUT2D eigenvalue weighted by Gasteiger charge is 2.52. The molecule has 0 spiro atoms. The van der Waals surface area contributed by atoms with Crippen LogP contribution in [0.5, 0.6) is 11.5 Å². The standard InChI is InChI=1S/C39H70N2O10Si/c1-26(2)29(22-28-18-19-30(47-14)31(23-28)48-21-17-20-46-13)24-32(40-34(44)49-36(4,5)6)39(25-27(3)33(42)43,41-35(45)50-37(7,8)9)51-52(15,16)38(10,11)12/h18-19,23,26-27,29,32H,17,20-22,24-25H2,1-16H3,(H,40,44)(H,41,45)(H,42,43). The van der Waals surface area contributed by atoms with Crippen molar-refractivity contribution in [3.63, 3.8) is 0 Å². The Bertz CT molecular complexity index is 1300. The summed E-state index contributed by atoms with van der Waals surface area (Å²) >= 11 is 0. The number of amides is 2. The van der Waals surface area contributed by atoms with Crippen LogP contribution in [0.4, 0.5) is 9.59 Å². The predicted octanol–water partition coefficient (Wildman–Crippen LogP) is 8.56. The number of carbonyl (C=O) groups excluding carboxylic acids is 2. The van der Waals surface area contributed by atoms with Gasteiger partial charge in [-0.05, 0) is 102 Å². The number of hydrogen-bond donors (Lipinski definition) is 3. The van der Waals surface area contributed by atoms with Gasteiger partial charge in [0.1, 0.15) is 11.2 Å². The van der Waals surface area contributed by atoms with E-state index in [0.717, 1.165) is 5.56 Å². The number of nitrogens with one attached hydrogen (secondary N) is 2. The van der Waals surface area contributed by atoms with Gasteiger partial charge >= 0.3 is 18.2 Å². The molecule has 0 saturated carbocycles. The first-order valence-electron chi connectivity index (χ1n) is 18.4. The molecule has 13 heteroatoms. The minimum absolute atomic E-state index is 0.0834. The van der Waals surface area contributed by atoms with Crippen molar-refractivity contribution in [2.45, 2.75) is 150 Å². The fourth-order valence-corrected chi connectivity index (χ4v) is 6.90. The molecule has 0 aromatic heterocycles. The Balaban J connectivity index is 3.99. The maximum atomic E-state index is 13.8. The Kier molecular flexibility index (Phi) is 17.5. The highest BCUT2D eigenvalue weighted by molar-refractivity contribution is 6.74. The lowest BCUT2D eigenvalue weighted by Gasteiger charge is -2.50. The van der Waals surface area contributed by atoms with Gasteiger partial charge in [0.25, 0.3) is 0 Å². The zero-order chi connectivity index (χ0) is 40.3. The number of hydrogen-bond acceptors (Lipinski definition) is 9. The van der Waals surface area contributed by atoms with E-state index in [2.05, 4.69) is 45.3 Å². The zero-order valence-corrected chi connectivity index (χ0v) is 35.9. The molecule has 1 aromatic carbocycles. The average Bonchev–Trinajstić information content (AvgIpc) is 2.95. The molecular weight excluding hydrogens is 685 g/mol. The van der Waals surface area contributed by atoms with Gasteiger partial charge in [-0.3, -0.25) is 10.1 Å². The molecule has 0 heterocycles. The molecule has 0 aliphatic heterocycles. The molecule has 52 heavy (non-hydrogen) atoms. The monoisotopic (exact) mass is 754 g/mol. The van der Waals surface area contributed by atoms with Crippen molar-refractivity contribution in [3.05, 3.63) is 23.8 Å². The number of aliphatic carboxylic acids is 1. The largest absolute Gasteiger partial charge is 0.493 e. The molecule has 1 rings (SSSR count). The maximum absolute atomic E-state index is 13.8. The first kappa shape index (κ1) is 47.0. The second kappa shape index (κ2) is 19.3. The van der Waals surface area contributed by atoms with Crippen LogP contribution in [0.3, 0.4) is 0 Å². The Morgan fingerprint density at radius 3 is 1.90 bits per heavy atom. The Hall–Kier alpha value is -3.03. The number of benzene rings is 1. The molecule has 1 aromatic rings. The molecule has 0 aliphatic carbocycles. The first-order valence-corrected chi connectivity index (χ1v) is 21.3. The number of carbonyl (C=O) groups is 3. The number of rotatable bonds is 19. The third kappa shape index (κ3) is 15.9. The second-order valence-electron chi connectivity index (χ2n) is 17.6. The highest BCUT2D eigenvalue weighted by atomic mass is 28.4. The van der Waals surface area contributed by atoms with Crippen LogP contribution in [-0.4, -0.2) is 82.0 Å². The lowest BCUT2D eigenvalue weighted by atomic mass is 9.79. The number of carboxylic acids is 1. The van der Waals surface area contributed by atoms with Gasteiger partial charge in [-0.1, -0.05) is 47.6 Å². The quantitative estimate of drug-likeness (QED) is 0.0712. The second-order valence-corrected chi connectivity index (χ2v) is 22.4. The van der Waals surface area contributed by atoms with Crippen LogP contribution < -0.4 is 20.1 Å². The predicted molar refractivity (Wildman–Crippen MR) is 207 cm³/mol. The van der Waals surface area contributed by atoms with E-state index in [-0.39, 0.29) is 23.3 Å². The number of carboxylic acid groups (broad SMARTS) is 1. The van der Waals surface area contributed by atoms with Gasteiger partial charge in [-0.2, -0.15) is 0 Å². The summed E-state index contributed by atoms with van der Waals surface area (Å²) in [5, 5.41) is 16.0. The van der Waals surface area contributed by atoms with Crippen LogP contribution in [0, 0.1) is 17.8 Å². The van der Waals surface area contributed by atoms with Crippen molar-refractivity contribution in [1.82, 2.24) is 10.6 Å². The minimum Gasteiger partial charge on any atom is -0.493 e. The summed E-state index contributed by atoms with van der Waals surface area (Å²) in [5.41, 5.74) is -2.42. The van der Waals surface area contributed by atoms with Crippen LogP contribution in [0.25, 0.3) is 0 Å². The van der Waals surface area contributed by atoms with Gasteiger partial charge in [0.15, 0.2) is 25.5 Å². The van der Waals surface area contributed by atoms with E-state index in [0.29, 0.717) is 44.0 Å². The number of methoxy groups -OCH3 is 2. The van der Waals surface area contributed by atoms with Gasteiger partial charge in [-0.15, -0.1) is 0 Å². The third-order valence-corrected chi connectivity index (χ3v) is 13.7. The molecule has 300 valence electrons.